The van der Waals surface area contributed by atoms with Gasteiger partial charge in [-0.2, -0.15) is 0 Å². The molecule has 98 valence electrons. The zero-order chi connectivity index (χ0) is 13.0. The molecule has 1 amide bonds. The molecule has 1 rings (SSSR count). The molecular weight excluding hydrogens is 218 g/mol. The van der Waals surface area contributed by atoms with Gasteiger partial charge >= 0.3 is 0 Å². The lowest BCUT2D eigenvalue weighted by molar-refractivity contribution is -0.128. The van der Waals surface area contributed by atoms with Crippen LogP contribution in [0, 0.1) is 11.8 Å². The number of nitrogens with two attached hydrogens (primary N) is 2. The fourth-order valence-corrected chi connectivity index (χ4v) is 2.31. The zero-order valence-electron chi connectivity index (χ0n) is 10.7. The standard InChI is InChI=1S/C12H23N3O2/c1-8(7-10(13)12(14)17)11(16)9-3-5-15(2)6-4-9/h8-10H,3-7,13H2,1-2H3,(H2,14,17). The Morgan fingerprint density at radius 3 is 2.35 bits per heavy atom. The Hall–Kier alpha value is -0.940. The largest absolute Gasteiger partial charge is 0.368 e. The van der Waals surface area contributed by atoms with E-state index >= 15 is 0 Å². The summed E-state index contributed by atoms with van der Waals surface area (Å²) in [4.78, 5) is 25.2. The highest BCUT2D eigenvalue weighted by Gasteiger charge is 2.28. The zero-order valence-corrected chi connectivity index (χ0v) is 10.7. The molecule has 1 heterocycles. The lowest BCUT2D eigenvalue weighted by Crippen LogP contribution is -2.41. The summed E-state index contributed by atoms with van der Waals surface area (Å²) in [7, 11) is 2.06. The number of hydrogen-bond donors (Lipinski definition) is 2. The van der Waals surface area contributed by atoms with Crippen molar-refractivity contribution in [3.05, 3.63) is 0 Å². The summed E-state index contributed by atoms with van der Waals surface area (Å²) in [5.41, 5.74) is 10.7. The minimum absolute atomic E-state index is 0.126. The Morgan fingerprint density at radius 2 is 1.88 bits per heavy atom. The molecule has 0 aliphatic carbocycles. The molecule has 0 spiro atoms. The second kappa shape index (κ2) is 6.12. The van der Waals surface area contributed by atoms with Crippen LogP contribution in [-0.4, -0.2) is 42.8 Å². The molecule has 0 bridgehead atoms. The number of ketones is 1. The summed E-state index contributed by atoms with van der Waals surface area (Å²) in [5, 5.41) is 0. The molecule has 5 heteroatoms. The highest BCUT2D eigenvalue weighted by atomic mass is 16.1. The third-order valence-electron chi connectivity index (χ3n) is 3.58. The minimum atomic E-state index is -0.708. The van der Waals surface area contributed by atoms with Gasteiger partial charge in [-0.3, -0.25) is 9.59 Å². The quantitative estimate of drug-likeness (QED) is 0.693. The molecule has 1 aliphatic rings. The molecule has 2 unspecified atom stereocenters. The summed E-state index contributed by atoms with van der Waals surface area (Å²) in [6.07, 6.45) is 2.18. The highest BCUT2D eigenvalue weighted by molar-refractivity contribution is 5.85. The van der Waals surface area contributed by atoms with E-state index in [0.29, 0.717) is 6.42 Å². The number of nitrogens with zero attached hydrogens (tertiary/aromatic N) is 1. The molecule has 1 saturated heterocycles. The third-order valence-corrected chi connectivity index (χ3v) is 3.58. The lowest BCUT2D eigenvalue weighted by Gasteiger charge is -2.29. The summed E-state index contributed by atoms with van der Waals surface area (Å²) in [6.45, 7) is 3.76. The van der Waals surface area contributed by atoms with Crippen LogP contribution in [0.4, 0.5) is 0 Å². The monoisotopic (exact) mass is 241 g/mol. The van der Waals surface area contributed by atoms with Gasteiger partial charge < -0.3 is 16.4 Å². The average molecular weight is 241 g/mol. The van der Waals surface area contributed by atoms with Gasteiger partial charge in [0.25, 0.3) is 0 Å². The van der Waals surface area contributed by atoms with Gasteiger partial charge in [-0.25, -0.2) is 0 Å². The maximum Gasteiger partial charge on any atom is 0.234 e. The van der Waals surface area contributed by atoms with Crippen LogP contribution in [0.2, 0.25) is 0 Å². The molecule has 5 nitrogen and oxygen atoms in total. The number of hydrogen-bond acceptors (Lipinski definition) is 4. The molecule has 0 aromatic heterocycles. The topological polar surface area (TPSA) is 89.4 Å². The van der Waals surface area contributed by atoms with Crippen LogP contribution in [0.15, 0.2) is 0 Å². The number of piperidine rings is 1. The van der Waals surface area contributed by atoms with Gasteiger partial charge in [0.15, 0.2) is 0 Å². The second-order valence-corrected chi connectivity index (χ2v) is 5.13. The molecule has 0 aromatic carbocycles. The molecule has 0 radical (unpaired) electrons. The number of rotatable bonds is 5. The van der Waals surface area contributed by atoms with Crippen molar-refractivity contribution in [3.8, 4) is 0 Å². The van der Waals surface area contributed by atoms with E-state index in [2.05, 4.69) is 11.9 Å². The van der Waals surface area contributed by atoms with E-state index in [0.717, 1.165) is 25.9 Å². The van der Waals surface area contributed by atoms with Crippen molar-refractivity contribution in [2.75, 3.05) is 20.1 Å². The number of amides is 1. The molecule has 0 saturated carbocycles. The second-order valence-electron chi connectivity index (χ2n) is 5.13. The van der Waals surface area contributed by atoms with Crippen molar-refractivity contribution in [1.82, 2.24) is 4.90 Å². The van der Waals surface area contributed by atoms with Crippen LogP contribution in [-0.2, 0) is 9.59 Å². The molecule has 1 aliphatic heterocycles. The van der Waals surface area contributed by atoms with E-state index in [1.807, 2.05) is 6.92 Å². The van der Waals surface area contributed by atoms with E-state index in [9.17, 15) is 9.59 Å². The number of likely N-dealkylation sites (tertiary alicyclic amines) is 1. The average Bonchev–Trinajstić information content (AvgIpc) is 2.28. The summed E-state index contributed by atoms with van der Waals surface area (Å²) < 4.78 is 0. The smallest absolute Gasteiger partial charge is 0.234 e. The fraction of sp³-hybridized carbons (Fsp3) is 0.833. The summed E-state index contributed by atoms with van der Waals surface area (Å²) in [6, 6.07) is -0.708. The number of Topliss-reactive ketones (excluding diaryl/α,β-unsaturated/α-hetero) is 1. The fourth-order valence-electron chi connectivity index (χ4n) is 2.31. The molecule has 17 heavy (non-hydrogen) atoms. The van der Waals surface area contributed by atoms with E-state index in [1.165, 1.54) is 0 Å². The molecule has 1 fully saturated rings. The molecular formula is C12H23N3O2. The number of primary amides is 1. The molecule has 4 N–H and O–H groups in total. The van der Waals surface area contributed by atoms with Gasteiger partial charge in [0.05, 0.1) is 6.04 Å². The van der Waals surface area contributed by atoms with Crippen LogP contribution in [0.1, 0.15) is 26.2 Å². The van der Waals surface area contributed by atoms with Crippen molar-refractivity contribution in [2.24, 2.45) is 23.3 Å². The predicted molar refractivity (Wildman–Crippen MR) is 66.2 cm³/mol. The van der Waals surface area contributed by atoms with Crippen LogP contribution in [0.25, 0.3) is 0 Å². The maximum absolute atomic E-state index is 12.1. The van der Waals surface area contributed by atoms with Gasteiger partial charge in [0.1, 0.15) is 5.78 Å². The van der Waals surface area contributed by atoms with Gasteiger partial charge in [-0.05, 0) is 39.4 Å². The highest BCUT2D eigenvalue weighted by Crippen LogP contribution is 2.22. The Labute approximate surface area is 103 Å². The van der Waals surface area contributed by atoms with Gasteiger partial charge in [-0.15, -0.1) is 0 Å². The SMILES string of the molecule is CC(CC(N)C(N)=O)C(=O)C1CCN(C)CC1. The van der Waals surface area contributed by atoms with Gasteiger partial charge in [0.2, 0.25) is 5.91 Å². The van der Waals surface area contributed by atoms with Crippen molar-refractivity contribution in [3.63, 3.8) is 0 Å². The number of carbonyl (C=O) groups excluding carboxylic acids is 2. The Kier molecular flexibility index (Phi) is 5.08. The van der Waals surface area contributed by atoms with Crippen molar-refractivity contribution >= 4 is 11.7 Å². The Balaban J connectivity index is 2.43. The van der Waals surface area contributed by atoms with E-state index in [-0.39, 0.29) is 17.6 Å². The summed E-state index contributed by atoms with van der Waals surface area (Å²) >= 11 is 0. The third kappa shape index (κ3) is 4.09. The van der Waals surface area contributed by atoms with Crippen LogP contribution in [0.5, 0.6) is 0 Å². The van der Waals surface area contributed by atoms with E-state index in [1.54, 1.807) is 0 Å². The molecule has 2 atom stereocenters. The van der Waals surface area contributed by atoms with Crippen LogP contribution in [0.3, 0.4) is 0 Å². The van der Waals surface area contributed by atoms with E-state index in [4.69, 9.17) is 11.5 Å². The first-order chi connectivity index (χ1) is 7.91. The van der Waals surface area contributed by atoms with Crippen LogP contribution >= 0.6 is 0 Å². The number of carbonyl (C=O) groups is 2. The summed E-state index contributed by atoms with van der Waals surface area (Å²) in [5.74, 6) is -0.352. The maximum atomic E-state index is 12.1. The minimum Gasteiger partial charge on any atom is -0.368 e. The van der Waals surface area contributed by atoms with Crippen molar-refractivity contribution in [2.45, 2.75) is 32.2 Å². The van der Waals surface area contributed by atoms with Gasteiger partial charge in [0, 0.05) is 11.8 Å². The first-order valence-electron chi connectivity index (χ1n) is 6.19. The predicted octanol–water partition coefficient (Wildman–Crippen LogP) is -0.264. The van der Waals surface area contributed by atoms with Crippen molar-refractivity contribution < 1.29 is 9.59 Å². The normalized spacial score (nSPS) is 22.1. The van der Waals surface area contributed by atoms with Crippen LogP contribution < -0.4 is 11.5 Å². The van der Waals surface area contributed by atoms with E-state index < -0.39 is 11.9 Å². The first kappa shape index (κ1) is 14.1. The van der Waals surface area contributed by atoms with Crippen molar-refractivity contribution in [1.29, 1.82) is 0 Å². The Bertz CT molecular complexity index is 285. The Morgan fingerprint density at radius 1 is 1.35 bits per heavy atom. The van der Waals surface area contributed by atoms with Gasteiger partial charge in [-0.1, -0.05) is 6.92 Å². The molecule has 0 aromatic rings. The lowest BCUT2D eigenvalue weighted by atomic mass is 9.84. The first-order valence-corrected chi connectivity index (χ1v) is 6.19.